The van der Waals surface area contributed by atoms with Gasteiger partial charge in [-0.2, -0.15) is 0 Å². The van der Waals surface area contributed by atoms with Crippen molar-refractivity contribution >= 4 is 0 Å². The first kappa shape index (κ1) is 25.8. The highest BCUT2D eigenvalue weighted by atomic mass is 16.4. The molecule has 0 saturated carbocycles. The summed E-state index contributed by atoms with van der Waals surface area (Å²) in [5, 5.41) is 39.1. The van der Waals surface area contributed by atoms with Gasteiger partial charge in [-0.15, -0.1) is 0 Å². The van der Waals surface area contributed by atoms with E-state index in [1.807, 2.05) is 37.3 Å². The topological polar surface area (TPSA) is 176 Å². The van der Waals surface area contributed by atoms with E-state index in [9.17, 15) is 30.0 Å². The lowest BCUT2D eigenvalue weighted by Gasteiger charge is -2.28. The maximum Gasteiger partial charge on any atom is 0.227 e. The van der Waals surface area contributed by atoms with Crippen LogP contribution < -0.4 is 10.9 Å². The molecule has 0 bridgehead atoms. The number of hydrogen-bond donors (Lipinski definition) is 4. The molecule has 1 aromatic carbocycles. The van der Waals surface area contributed by atoms with E-state index in [4.69, 9.17) is 8.83 Å². The van der Waals surface area contributed by atoms with Gasteiger partial charge in [0.1, 0.15) is 24.7 Å². The highest BCUT2D eigenvalue weighted by molar-refractivity contribution is 5.27. The standard InChI is InChI=1S/C23H25NO8.H2O/c1-14(7-15-5-3-2-4-6-15)24(10-20-22(29)18(27)8-16(12-25)31-20)11-21-23(30)19(28)9-17(13-26)32-21;/h2-6,8-9,14,25-26,29-30H,7,10-13H2,1H3;1H2. The van der Waals surface area contributed by atoms with Gasteiger partial charge in [-0.25, -0.2) is 0 Å². The predicted molar refractivity (Wildman–Crippen MR) is 118 cm³/mol. The Labute approximate surface area is 188 Å². The van der Waals surface area contributed by atoms with Crippen LogP contribution >= 0.6 is 0 Å². The van der Waals surface area contributed by atoms with Gasteiger partial charge >= 0.3 is 0 Å². The van der Waals surface area contributed by atoms with E-state index < -0.39 is 35.6 Å². The highest BCUT2D eigenvalue weighted by Crippen LogP contribution is 2.24. The maximum atomic E-state index is 12.0. The van der Waals surface area contributed by atoms with Crippen molar-refractivity contribution in [3.05, 3.63) is 91.5 Å². The second kappa shape index (κ2) is 11.4. The Morgan fingerprint density at radius 1 is 0.848 bits per heavy atom. The SMILES string of the molecule is CC(Cc1ccccc1)N(Cc1oc(CO)cc(=O)c1O)Cc1oc(CO)cc(=O)c1O.O. The molecular weight excluding hydrogens is 434 g/mol. The lowest BCUT2D eigenvalue weighted by molar-refractivity contribution is 0.142. The zero-order chi connectivity index (χ0) is 23.3. The Morgan fingerprint density at radius 2 is 1.30 bits per heavy atom. The van der Waals surface area contributed by atoms with Crippen molar-refractivity contribution in [1.29, 1.82) is 0 Å². The lowest BCUT2D eigenvalue weighted by atomic mass is 10.1. The fourth-order valence-corrected chi connectivity index (χ4v) is 3.37. The largest absolute Gasteiger partial charge is 0.502 e. The van der Waals surface area contributed by atoms with Gasteiger partial charge in [0.25, 0.3) is 0 Å². The van der Waals surface area contributed by atoms with E-state index in [1.165, 1.54) is 0 Å². The van der Waals surface area contributed by atoms with Crippen molar-refractivity contribution in [1.82, 2.24) is 4.90 Å². The minimum Gasteiger partial charge on any atom is -0.502 e. The van der Waals surface area contributed by atoms with Crippen LogP contribution in [0.3, 0.4) is 0 Å². The minimum absolute atomic E-state index is 0. The smallest absolute Gasteiger partial charge is 0.227 e. The molecule has 3 rings (SSSR count). The number of aliphatic hydroxyl groups is 2. The molecule has 0 aliphatic heterocycles. The van der Waals surface area contributed by atoms with Crippen molar-refractivity contribution < 1.29 is 34.7 Å². The van der Waals surface area contributed by atoms with Crippen LogP contribution in [0.5, 0.6) is 11.5 Å². The minimum atomic E-state index is -0.692. The molecule has 0 aliphatic rings. The van der Waals surface area contributed by atoms with Crippen LogP contribution in [-0.2, 0) is 32.7 Å². The van der Waals surface area contributed by atoms with Crippen LogP contribution in [0.4, 0.5) is 0 Å². The molecule has 0 saturated heterocycles. The third kappa shape index (κ3) is 6.30. The molecule has 3 aromatic rings. The molecule has 1 unspecified atom stereocenters. The molecule has 10 heteroatoms. The monoisotopic (exact) mass is 461 g/mol. The molecule has 1 atom stereocenters. The summed E-state index contributed by atoms with van der Waals surface area (Å²) in [7, 11) is 0. The first-order valence-electron chi connectivity index (χ1n) is 10.0. The molecule has 33 heavy (non-hydrogen) atoms. The summed E-state index contributed by atoms with van der Waals surface area (Å²) in [6.45, 7) is 0.709. The number of aromatic hydroxyl groups is 2. The summed E-state index contributed by atoms with van der Waals surface area (Å²) >= 11 is 0. The van der Waals surface area contributed by atoms with E-state index in [1.54, 1.807) is 4.90 Å². The molecule has 0 amide bonds. The normalized spacial score (nSPS) is 11.9. The number of nitrogens with zero attached hydrogens (tertiary/aromatic N) is 1. The summed E-state index contributed by atoms with van der Waals surface area (Å²) in [5.41, 5.74) is -0.361. The van der Waals surface area contributed by atoms with Crippen LogP contribution in [-0.4, -0.2) is 36.8 Å². The molecule has 6 N–H and O–H groups in total. The van der Waals surface area contributed by atoms with E-state index in [-0.39, 0.29) is 47.6 Å². The van der Waals surface area contributed by atoms with Crippen LogP contribution in [0.1, 0.15) is 35.5 Å². The first-order chi connectivity index (χ1) is 15.3. The maximum absolute atomic E-state index is 12.0. The fraction of sp³-hybridized carbons (Fsp3) is 0.304. The van der Waals surface area contributed by atoms with Crippen molar-refractivity contribution in [3.63, 3.8) is 0 Å². The Kier molecular flexibility index (Phi) is 8.94. The zero-order valence-electron chi connectivity index (χ0n) is 18.0. The van der Waals surface area contributed by atoms with Crippen LogP contribution in [0.25, 0.3) is 0 Å². The molecule has 0 aliphatic carbocycles. The Morgan fingerprint density at radius 3 is 1.73 bits per heavy atom. The second-order valence-electron chi connectivity index (χ2n) is 7.46. The van der Waals surface area contributed by atoms with Gasteiger partial charge in [0.15, 0.2) is 11.5 Å². The molecule has 10 nitrogen and oxygen atoms in total. The molecule has 0 radical (unpaired) electrons. The summed E-state index contributed by atoms with van der Waals surface area (Å²) in [6.07, 6.45) is 0.566. The van der Waals surface area contributed by atoms with Crippen molar-refractivity contribution in [2.75, 3.05) is 0 Å². The third-order valence-corrected chi connectivity index (χ3v) is 5.09. The Bertz CT molecular complexity index is 1100. The van der Waals surface area contributed by atoms with Gasteiger partial charge in [-0.1, -0.05) is 30.3 Å². The van der Waals surface area contributed by atoms with Gasteiger partial charge in [0, 0.05) is 18.2 Å². The van der Waals surface area contributed by atoms with Crippen molar-refractivity contribution in [3.8, 4) is 11.5 Å². The third-order valence-electron chi connectivity index (χ3n) is 5.09. The lowest BCUT2D eigenvalue weighted by Crippen LogP contribution is -2.34. The van der Waals surface area contributed by atoms with E-state index in [0.29, 0.717) is 6.42 Å². The molecule has 2 heterocycles. The van der Waals surface area contributed by atoms with Crippen molar-refractivity contribution in [2.45, 2.75) is 45.7 Å². The van der Waals surface area contributed by atoms with Crippen molar-refractivity contribution in [2.24, 2.45) is 0 Å². The number of rotatable bonds is 9. The molecular formula is C23H27NO9. The molecule has 178 valence electrons. The quantitative estimate of drug-likeness (QED) is 0.359. The number of aliphatic hydroxyl groups excluding tert-OH is 2. The van der Waals surface area contributed by atoms with Gasteiger partial charge in [0.2, 0.25) is 22.4 Å². The summed E-state index contributed by atoms with van der Waals surface area (Å²) in [5.74, 6) is -1.32. The molecule has 0 spiro atoms. The number of benzene rings is 1. The van der Waals surface area contributed by atoms with Gasteiger partial charge in [-0.3, -0.25) is 14.5 Å². The first-order valence-corrected chi connectivity index (χ1v) is 10.0. The van der Waals surface area contributed by atoms with Crippen LogP contribution in [0, 0.1) is 0 Å². The average molecular weight is 461 g/mol. The highest BCUT2D eigenvalue weighted by Gasteiger charge is 2.23. The van der Waals surface area contributed by atoms with E-state index in [0.717, 1.165) is 17.7 Å². The molecule has 2 aromatic heterocycles. The second-order valence-corrected chi connectivity index (χ2v) is 7.46. The van der Waals surface area contributed by atoms with Gasteiger partial charge < -0.3 is 34.7 Å². The summed E-state index contributed by atoms with van der Waals surface area (Å²) in [6, 6.07) is 11.4. The molecule has 0 fully saturated rings. The van der Waals surface area contributed by atoms with Crippen LogP contribution in [0.2, 0.25) is 0 Å². The average Bonchev–Trinajstić information content (AvgIpc) is 2.79. The van der Waals surface area contributed by atoms with Gasteiger partial charge in [-0.05, 0) is 18.9 Å². The fourth-order valence-electron chi connectivity index (χ4n) is 3.37. The number of hydrogen-bond acceptors (Lipinski definition) is 9. The summed E-state index contributed by atoms with van der Waals surface area (Å²) < 4.78 is 10.9. The Balaban J connectivity index is 0.00000385. The zero-order valence-corrected chi connectivity index (χ0v) is 18.0. The van der Waals surface area contributed by atoms with E-state index >= 15 is 0 Å². The predicted octanol–water partition coefficient (Wildman–Crippen LogP) is 0.797. The van der Waals surface area contributed by atoms with E-state index in [2.05, 4.69) is 0 Å². The Hall–Kier alpha value is -3.44. The summed E-state index contributed by atoms with van der Waals surface area (Å²) in [4.78, 5) is 25.8. The van der Waals surface area contributed by atoms with Crippen LogP contribution in [0.15, 0.2) is 60.9 Å². The van der Waals surface area contributed by atoms with Gasteiger partial charge in [0.05, 0.1) is 13.1 Å².